The molecule has 1 aliphatic heterocycles. The van der Waals surface area contributed by atoms with Gasteiger partial charge < -0.3 is 4.90 Å². The largest absolute Gasteiger partial charge is 0.370 e. The average molecular weight is 354 g/mol. The molecule has 20 heavy (non-hydrogen) atoms. The second kappa shape index (κ2) is 6.10. The van der Waals surface area contributed by atoms with Gasteiger partial charge in [-0.05, 0) is 41.3 Å². The summed E-state index contributed by atoms with van der Waals surface area (Å²) < 4.78 is 2.57. The topological polar surface area (TPSA) is 38.1 Å². The minimum absolute atomic E-state index is 0.0300. The van der Waals surface area contributed by atoms with Gasteiger partial charge in [0.1, 0.15) is 0 Å². The van der Waals surface area contributed by atoms with E-state index in [4.69, 9.17) is 0 Å². The fourth-order valence-electron chi connectivity index (χ4n) is 2.45. The predicted molar refractivity (Wildman–Crippen MR) is 85.7 cm³/mol. The maximum absolute atomic E-state index is 12.2. The van der Waals surface area contributed by atoms with Crippen LogP contribution in [0.5, 0.6) is 0 Å². The Bertz CT molecular complexity index is 646. The zero-order chi connectivity index (χ0) is 13.9. The van der Waals surface area contributed by atoms with Gasteiger partial charge in [0, 0.05) is 33.9 Å². The third-order valence-corrected chi connectivity index (χ3v) is 5.19. The van der Waals surface area contributed by atoms with Crippen LogP contribution in [0.3, 0.4) is 0 Å². The molecule has 106 valence electrons. The Balaban J connectivity index is 1.78. The molecule has 1 saturated heterocycles. The molecule has 0 radical (unpaired) electrons. The molecule has 1 fully saturated rings. The van der Waals surface area contributed by atoms with Gasteiger partial charge >= 0.3 is 0 Å². The lowest BCUT2D eigenvalue weighted by Crippen LogP contribution is -2.32. The molecule has 0 atom stereocenters. The Hall–Kier alpha value is -1.14. The first-order valence-corrected chi connectivity index (χ1v) is 8.45. The predicted octanol–water partition coefficient (Wildman–Crippen LogP) is 3.11. The molecule has 3 heterocycles. The molecule has 0 aromatic carbocycles. The van der Waals surface area contributed by atoms with E-state index >= 15 is 0 Å². The Morgan fingerprint density at radius 2 is 2.05 bits per heavy atom. The van der Waals surface area contributed by atoms with Gasteiger partial charge in [0.25, 0.3) is 5.56 Å². The van der Waals surface area contributed by atoms with Crippen molar-refractivity contribution in [3.8, 4) is 0 Å². The number of thiophene rings is 1. The third kappa shape index (κ3) is 3.12. The summed E-state index contributed by atoms with van der Waals surface area (Å²) in [5, 5.41) is 6.33. The van der Waals surface area contributed by atoms with E-state index in [9.17, 15) is 4.79 Å². The highest BCUT2D eigenvalue weighted by atomic mass is 79.9. The molecule has 0 bridgehead atoms. The van der Waals surface area contributed by atoms with Crippen molar-refractivity contribution in [3.63, 3.8) is 0 Å². The van der Waals surface area contributed by atoms with Gasteiger partial charge in [-0.25, -0.2) is 4.68 Å². The molecule has 6 heteroatoms. The molecule has 0 spiro atoms. The quantitative estimate of drug-likeness (QED) is 0.850. The first-order valence-electron chi connectivity index (χ1n) is 6.77. The van der Waals surface area contributed by atoms with E-state index in [-0.39, 0.29) is 5.56 Å². The van der Waals surface area contributed by atoms with Crippen molar-refractivity contribution in [1.29, 1.82) is 0 Å². The van der Waals surface area contributed by atoms with Crippen LogP contribution in [0.1, 0.15) is 24.1 Å². The third-order valence-electron chi connectivity index (χ3n) is 3.50. The maximum atomic E-state index is 12.2. The molecule has 0 unspecified atom stereocenters. The highest BCUT2D eigenvalue weighted by molar-refractivity contribution is 9.10. The van der Waals surface area contributed by atoms with Crippen molar-refractivity contribution < 1.29 is 0 Å². The van der Waals surface area contributed by atoms with Crippen molar-refractivity contribution >= 4 is 33.0 Å². The number of halogens is 1. The molecule has 4 nitrogen and oxygen atoms in total. The van der Waals surface area contributed by atoms with Gasteiger partial charge in [0.05, 0.1) is 18.4 Å². The second-order valence-corrected chi connectivity index (χ2v) is 6.90. The van der Waals surface area contributed by atoms with E-state index in [0.29, 0.717) is 6.54 Å². The van der Waals surface area contributed by atoms with Crippen LogP contribution >= 0.6 is 27.3 Å². The summed E-state index contributed by atoms with van der Waals surface area (Å²) in [5.74, 6) is 0. The number of nitrogens with zero attached hydrogens (tertiary/aromatic N) is 3. The average Bonchev–Trinajstić information content (AvgIpc) is 2.87. The number of piperidine rings is 1. The summed E-state index contributed by atoms with van der Waals surface area (Å²) in [6, 6.07) is 3.73. The van der Waals surface area contributed by atoms with Crippen LogP contribution in [0.25, 0.3) is 0 Å². The highest BCUT2D eigenvalue weighted by Gasteiger charge is 2.12. The van der Waals surface area contributed by atoms with Gasteiger partial charge in [-0.15, -0.1) is 11.3 Å². The minimum atomic E-state index is -0.0300. The van der Waals surface area contributed by atoms with Crippen molar-refractivity contribution in [2.24, 2.45) is 0 Å². The summed E-state index contributed by atoms with van der Waals surface area (Å²) in [4.78, 5) is 15.5. The zero-order valence-electron chi connectivity index (χ0n) is 11.1. The standard InChI is InChI=1S/C14H16BrN3OS/c15-11-6-13(20-10-11)9-18-14(19)7-12(8-16-18)17-4-2-1-3-5-17/h6-8,10H,1-5,9H2. The van der Waals surface area contributed by atoms with Gasteiger partial charge in [0.15, 0.2) is 0 Å². The monoisotopic (exact) mass is 353 g/mol. The molecule has 0 amide bonds. The maximum Gasteiger partial charge on any atom is 0.269 e. The molecule has 2 aromatic heterocycles. The molecule has 1 aliphatic rings. The van der Waals surface area contributed by atoms with Crippen LogP contribution < -0.4 is 10.5 Å². The molecule has 0 aliphatic carbocycles. The number of hydrogen-bond acceptors (Lipinski definition) is 4. The van der Waals surface area contributed by atoms with E-state index in [2.05, 4.69) is 25.9 Å². The fourth-order valence-corrected chi connectivity index (χ4v) is 3.88. The van der Waals surface area contributed by atoms with Gasteiger partial charge in [-0.3, -0.25) is 4.79 Å². The summed E-state index contributed by atoms with van der Waals surface area (Å²) in [6.07, 6.45) is 5.50. The summed E-state index contributed by atoms with van der Waals surface area (Å²) in [7, 11) is 0. The van der Waals surface area contributed by atoms with E-state index in [0.717, 1.165) is 28.1 Å². The lowest BCUT2D eigenvalue weighted by molar-refractivity contribution is 0.572. The smallest absolute Gasteiger partial charge is 0.269 e. The fraction of sp³-hybridized carbons (Fsp3) is 0.429. The summed E-state index contributed by atoms with van der Waals surface area (Å²) in [5.41, 5.74) is 0.927. The van der Waals surface area contributed by atoms with Crippen molar-refractivity contribution in [2.75, 3.05) is 18.0 Å². The SMILES string of the molecule is O=c1cc(N2CCCCC2)cnn1Cc1cc(Br)cs1. The first kappa shape index (κ1) is 13.8. The van der Waals surface area contributed by atoms with Crippen LogP contribution in [0.15, 0.2) is 33.0 Å². The molecule has 2 aromatic rings. The van der Waals surface area contributed by atoms with Crippen LogP contribution in [0.4, 0.5) is 5.69 Å². The van der Waals surface area contributed by atoms with Crippen LogP contribution in [-0.2, 0) is 6.54 Å². The minimum Gasteiger partial charge on any atom is -0.370 e. The number of hydrogen-bond donors (Lipinski definition) is 0. The summed E-state index contributed by atoms with van der Waals surface area (Å²) in [6.45, 7) is 2.60. The summed E-state index contributed by atoms with van der Waals surface area (Å²) >= 11 is 5.05. The Morgan fingerprint density at radius 3 is 2.70 bits per heavy atom. The molecule has 0 N–H and O–H groups in total. The first-order chi connectivity index (χ1) is 9.72. The van der Waals surface area contributed by atoms with Gasteiger partial charge in [0.2, 0.25) is 0 Å². The van der Waals surface area contributed by atoms with E-state index < -0.39 is 0 Å². The number of rotatable bonds is 3. The Kier molecular flexibility index (Phi) is 4.21. The number of aromatic nitrogens is 2. The number of anilines is 1. The van der Waals surface area contributed by atoms with E-state index in [1.54, 1.807) is 17.4 Å². The van der Waals surface area contributed by atoms with Crippen LogP contribution in [0.2, 0.25) is 0 Å². The lowest BCUT2D eigenvalue weighted by Gasteiger charge is -2.28. The van der Waals surface area contributed by atoms with Crippen molar-refractivity contribution in [1.82, 2.24) is 9.78 Å². The second-order valence-electron chi connectivity index (χ2n) is 4.99. The van der Waals surface area contributed by atoms with Crippen LogP contribution in [0, 0.1) is 0 Å². The lowest BCUT2D eigenvalue weighted by atomic mass is 10.1. The Labute approximate surface area is 130 Å². The van der Waals surface area contributed by atoms with Gasteiger partial charge in [-0.2, -0.15) is 5.10 Å². The van der Waals surface area contributed by atoms with Crippen LogP contribution in [-0.4, -0.2) is 22.9 Å². The molecular formula is C14H16BrN3OS. The van der Waals surface area contributed by atoms with E-state index in [1.165, 1.54) is 23.9 Å². The zero-order valence-corrected chi connectivity index (χ0v) is 13.5. The van der Waals surface area contributed by atoms with Crippen molar-refractivity contribution in [2.45, 2.75) is 25.8 Å². The molecular weight excluding hydrogens is 338 g/mol. The normalized spacial score (nSPS) is 15.6. The van der Waals surface area contributed by atoms with Gasteiger partial charge in [-0.1, -0.05) is 0 Å². The van der Waals surface area contributed by atoms with E-state index in [1.807, 2.05) is 17.6 Å². The van der Waals surface area contributed by atoms with Crippen molar-refractivity contribution in [3.05, 3.63) is 43.4 Å². The molecule has 0 saturated carbocycles. The Morgan fingerprint density at radius 1 is 1.25 bits per heavy atom. The highest BCUT2D eigenvalue weighted by Crippen LogP contribution is 2.20. The molecule has 3 rings (SSSR count).